The Labute approximate surface area is 149 Å². The van der Waals surface area contributed by atoms with E-state index in [0.717, 1.165) is 36.2 Å². The number of nitrogens with zero attached hydrogens (tertiary/aromatic N) is 3. The van der Waals surface area contributed by atoms with Crippen LogP contribution in [-0.2, 0) is 9.59 Å². The maximum absolute atomic E-state index is 12.5. The molecule has 4 N–H and O–H groups in total. The number of carboxylic acid groups (broad SMARTS) is 1. The van der Waals surface area contributed by atoms with Crippen LogP contribution in [0.5, 0.6) is 0 Å². The van der Waals surface area contributed by atoms with Gasteiger partial charge in [-0.1, -0.05) is 0 Å². The van der Waals surface area contributed by atoms with Crippen LogP contribution in [0.2, 0.25) is 0 Å². The molecule has 0 bridgehead atoms. The van der Waals surface area contributed by atoms with Gasteiger partial charge in [-0.15, -0.1) is 0 Å². The highest BCUT2D eigenvalue weighted by molar-refractivity contribution is 5.88. The van der Waals surface area contributed by atoms with Crippen LogP contribution in [0.15, 0.2) is 18.6 Å². The van der Waals surface area contributed by atoms with Crippen molar-refractivity contribution in [2.75, 3.05) is 24.5 Å². The third-order valence-electron chi connectivity index (χ3n) is 5.53. The van der Waals surface area contributed by atoms with Crippen molar-refractivity contribution in [1.29, 1.82) is 0 Å². The topological polar surface area (TPSA) is 131 Å². The van der Waals surface area contributed by atoms with E-state index >= 15 is 0 Å². The molecule has 4 rings (SSSR count). The summed E-state index contributed by atoms with van der Waals surface area (Å²) >= 11 is 0. The number of aliphatic hydroxyl groups is 1. The Hall–Kier alpha value is -2.68. The van der Waals surface area contributed by atoms with Crippen molar-refractivity contribution in [3.8, 4) is 0 Å². The largest absolute Gasteiger partial charge is 0.479 e. The summed E-state index contributed by atoms with van der Waals surface area (Å²) in [5.74, 6) is -0.788. The molecule has 1 amide bonds. The molecule has 1 aliphatic carbocycles. The first kappa shape index (κ1) is 16.8. The van der Waals surface area contributed by atoms with E-state index in [9.17, 15) is 14.7 Å². The van der Waals surface area contributed by atoms with Gasteiger partial charge < -0.3 is 25.4 Å². The summed E-state index contributed by atoms with van der Waals surface area (Å²) in [6, 6.07) is 1.95. The van der Waals surface area contributed by atoms with E-state index in [0.29, 0.717) is 13.0 Å². The van der Waals surface area contributed by atoms with E-state index in [1.54, 1.807) is 6.33 Å². The Morgan fingerprint density at radius 1 is 1.42 bits per heavy atom. The molecule has 0 unspecified atom stereocenters. The van der Waals surface area contributed by atoms with Gasteiger partial charge in [0.25, 0.3) is 0 Å². The number of aliphatic carboxylic acids is 1. The first-order valence-corrected chi connectivity index (χ1v) is 8.72. The molecule has 0 aromatic carbocycles. The number of aromatic nitrogens is 3. The second kappa shape index (κ2) is 6.24. The van der Waals surface area contributed by atoms with Gasteiger partial charge in [-0.3, -0.25) is 4.79 Å². The molecule has 9 nitrogen and oxygen atoms in total. The smallest absolute Gasteiger partial charge is 0.334 e. The van der Waals surface area contributed by atoms with E-state index in [1.807, 2.05) is 12.3 Å². The molecule has 2 aromatic rings. The second-order valence-electron chi connectivity index (χ2n) is 7.16. The number of hydrogen-bond donors (Lipinski definition) is 4. The van der Waals surface area contributed by atoms with E-state index in [2.05, 4.69) is 25.2 Å². The van der Waals surface area contributed by atoms with Crippen molar-refractivity contribution in [3.05, 3.63) is 18.6 Å². The molecule has 0 radical (unpaired) electrons. The number of carbonyl (C=O) groups excluding carboxylic acids is 1. The summed E-state index contributed by atoms with van der Waals surface area (Å²) in [7, 11) is 0. The minimum absolute atomic E-state index is 0.0932. The number of aliphatic hydroxyl groups excluding tert-OH is 1. The van der Waals surface area contributed by atoms with Crippen molar-refractivity contribution in [2.24, 2.45) is 11.3 Å². The molecular formula is C17H21N5O4. The van der Waals surface area contributed by atoms with Crippen LogP contribution in [0, 0.1) is 11.3 Å². The van der Waals surface area contributed by atoms with Gasteiger partial charge in [0.1, 0.15) is 17.8 Å². The van der Waals surface area contributed by atoms with Crippen LogP contribution >= 0.6 is 0 Å². The molecule has 1 aliphatic heterocycles. The molecule has 2 aliphatic rings. The minimum atomic E-state index is -1.57. The maximum atomic E-state index is 12.5. The quantitative estimate of drug-likeness (QED) is 0.596. The van der Waals surface area contributed by atoms with Gasteiger partial charge in [0, 0.05) is 25.2 Å². The van der Waals surface area contributed by atoms with E-state index in [1.165, 1.54) is 0 Å². The van der Waals surface area contributed by atoms with Gasteiger partial charge in [0.15, 0.2) is 6.10 Å². The Morgan fingerprint density at radius 2 is 2.23 bits per heavy atom. The van der Waals surface area contributed by atoms with Crippen molar-refractivity contribution < 1.29 is 19.8 Å². The van der Waals surface area contributed by atoms with Crippen molar-refractivity contribution >= 4 is 28.7 Å². The number of rotatable bonds is 5. The minimum Gasteiger partial charge on any atom is -0.479 e. The number of nitrogens with one attached hydrogen (secondary N) is 2. The zero-order valence-electron chi connectivity index (χ0n) is 14.2. The fraction of sp³-hybridized carbons (Fsp3) is 0.529. The number of carbonyl (C=O) groups is 2. The Kier molecular flexibility index (Phi) is 4.03. The Balaban J connectivity index is 1.46. The molecule has 138 valence electrons. The first-order valence-electron chi connectivity index (χ1n) is 8.72. The lowest BCUT2D eigenvalue weighted by Gasteiger charge is -2.39. The molecule has 3 heterocycles. The summed E-state index contributed by atoms with van der Waals surface area (Å²) in [6.07, 6.45) is 4.40. The summed E-state index contributed by atoms with van der Waals surface area (Å²) in [6.45, 7) is 1.17. The lowest BCUT2D eigenvalue weighted by molar-refractivity contribution is -0.146. The average Bonchev–Trinajstić information content (AvgIpc) is 3.20. The molecule has 1 spiro atoms. The monoisotopic (exact) mass is 359 g/mol. The van der Waals surface area contributed by atoms with Gasteiger partial charge in [-0.2, -0.15) is 0 Å². The number of hydrogen-bond acceptors (Lipinski definition) is 6. The Morgan fingerprint density at radius 3 is 2.96 bits per heavy atom. The van der Waals surface area contributed by atoms with Crippen molar-refractivity contribution in [1.82, 2.24) is 20.3 Å². The number of piperidine rings is 1. The van der Waals surface area contributed by atoms with Crippen LogP contribution in [-0.4, -0.2) is 62.8 Å². The number of aromatic amines is 1. The standard InChI is InChI=1S/C17H21N5O4/c23-12(16(25)26)7-19-15(24)11-2-6-22(8-17(11)3-4-17)14-10-1-5-18-13(10)20-9-21-14/h1,5,9,11-12,23H,2-4,6-8H2,(H,19,24)(H,25,26)(H,18,20,21)/t11-,12-/m1/s1. The van der Waals surface area contributed by atoms with Crippen LogP contribution in [0.25, 0.3) is 11.0 Å². The SMILES string of the molecule is O=C(O)[C@H](O)CNC(=O)[C@H]1CCN(c2ncnc3[nH]ccc23)CC12CC2. The molecular weight excluding hydrogens is 338 g/mol. The predicted octanol–water partition coefficient (Wildman–Crippen LogP) is 0.126. The first-order chi connectivity index (χ1) is 12.5. The number of carboxylic acids is 1. The van der Waals surface area contributed by atoms with Crippen LogP contribution in [0.4, 0.5) is 5.82 Å². The molecule has 9 heteroatoms. The summed E-state index contributed by atoms with van der Waals surface area (Å²) in [4.78, 5) is 37.2. The van der Waals surface area contributed by atoms with Gasteiger partial charge >= 0.3 is 5.97 Å². The third kappa shape index (κ3) is 2.88. The lowest BCUT2D eigenvalue weighted by atomic mass is 9.81. The molecule has 1 saturated heterocycles. The van der Waals surface area contributed by atoms with E-state index in [-0.39, 0.29) is 23.8 Å². The highest BCUT2D eigenvalue weighted by Gasteiger charge is 2.55. The number of anilines is 1. The van der Waals surface area contributed by atoms with E-state index < -0.39 is 12.1 Å². The molecule has 2 atom stereocenters. The number of H-pyrrole nitrogens is 1. The Bertz CT molecular complexity index is 847. The summed E-state index contributed by atoms with van der Waals surface area (Å²) in [5.41, 5.74) is 0.701. The summed E-state index contributed by atoms with van der Waals surface area (Å²) in [5, 5.41) is 21.6. The highest BCUT2D eigenvalue weighted by Crippen LogP contribution is 2.56. The normalized spacial score (nSPS) is 22.3. The van der Waals surface area contributed by atoms with Crippen LogP contribution < -0.4 is 10.2 Å². The van der Waals surface area contributed by atoms with E-state index in [4.69, 9.17) is 5.11 Å². The molecule has 2 aromatic heterocycles. The zero-order chi connectivity index (χ0) is 18.3. The molecule has 1 saturated carbocycles. The van der Waals surface area contributed by atoms with Gasteiger partial charge in [0.05, 0.1) is 11.9 Å². The average molecular weight is 359 g/mol. The van der Waals surface area contributed by atoms with Gasteiger partial charge in [-0.05, 0) is 30.7 Å². The van der Waals surface area contributed by atoms with Crippen LogP contribution in [0.3, 0.4) is 0 Å². The molecule has 2 fully saturated rings. The molecule has 26 heavy (non-hydrogen) atoms. The number of amides is 1. The fourth-order valence-electron chi connectivity index (χ4n) is 3.94. The summed E-state index contributed by atoms with van der Waals surface area (Å²) < 4.78 is 0. The second-order valence-corrected chi connectivity index (χ2v) is 7.16. The van der Waals surface area contributed by atoms with Crippen molar-refractivity contribution in [2.45, 2.75) is 25.4 Å². The van der Waals surface area contributed by atoms with Gasteiger partial charge in [0.2, 0.25) is 5.91 Å². The zero-order valence-corrected chi connectivity index (χ0v) is 14.2. The maximum Gasteiger partial charge on any atom is 0.334 e. The third-order valence-corrected chi connectivity index (χ3v) is 5.53. The highest BCUT2D eigenvalue weighted by atomic mass is 16.4. The van der Waals surface area contributed by atoms with Gasteiger partial charge in [-0.25, -0.2) is 14.8 Å². The van der Waals surface area contributed by atoms with Crippen LogP contribution in [0.1, 0.15) is 19.3 Å². The van der Waals surface area contributed by atoms with Crippen molar-refractivity contribution in [3.63, 3.8) is 0 Å². The fourth-order valence-corrected chi connectivity index (χ4v) is 3.94. The lowest BCUT2D eigenvalue weighted by Crippen LogP contribution is -2.49. The number of fused-ring (bicyclic) bond motifs is 1. The predicted molar refractivity (Wildman–Crippen MR) is 92.5 cm³/mol.